The normalized spacial score (nSPS) is 14.8. The fraction of sp³-hybridized carbons (Fsp3) is 1.00. The molecule has 0 heterocycles. The molecule has 5 heteroatoms. The first-order valence-electron chi connectivity index (χ1n) is 18.3. The summed E-state index contributed by atoms with van der Waals surface area (Å²) < 4.78 is 6.15. The second-order valence-corrected chi connectivity index (χ2v) is 12.8. The van der Waals surface area contributed by atoms with E-state index < -0.39 is 24.4 Å². The van der Waals surface area contributed by atoms with Crippen LogP contribution in [0.25, 0.3) is 0 Å². The largest absolute Gasteiger partial charge is 0.394 e. The maximum atomic E-state index is 10.4. The van der Waals surface area contributed by atoms with E-state index >= 15 is 0 Å². The van der Waals surface area contributed by atoms with Crippen LogP contribution >= 0.6 is 0 Å². The molecule has 0 aromatic heterocycles. The Morgan fingerprint density at radius 1 is 0.366 bits per heavy atom. The summed E-state index contributed by atoms with van der Waals surface area (Å²) in [5, 5.41) is 39.9. The van der Waals surface area contributed by atoms with Crippen LogP contribution in [0.5, 0.6) is 0 Å². The van der Waals surface area contributed by atoms with Gasteiger partial charge in [0.2, 0.25) is 0 Å². The number of rotatable bonds is 34. The molecule has 4 unspecified atom stereocenters. The molecule has 0 saturated heterocycles. The third-order valence-corrected chi connectivity index (χ3v) is 8.77. The average Bonchev–Trinajstić information content (AvgIpc) is 2.99. The van der Waals surface area contributed by atoms with Gasteiger partial charge < -0.3 is 25.2 Å². The van der Waals surface area contributed by atoms with E-state index in [4.69, 9.17) is 4.74 Å². The predicted molar refractivity (Wildman–Crippen MR) is 175 cm³/mol. The Kier molecular flexibility index (Phi) is 32.5. The van der Waals surface area contributed by atoms with Crippen LogP contribution in [-0.2, 0) is 4.74 Å². The highest BCUT2D eigenvalue weighted by Gasteiger charge is 2.27. The zero-order valence-corrected chi connectivity index (χ0v) is 27.7. The molecule has 4 N–H and O–H groups in total. The van der Waals surface area contributed by atoms with Crippen molar-refractivity contribution in [2.75, 3.05) is 13.2 Å². The predicted octanol–water partition coefficient (Wildman–Crippen LogP) is 9.41. The van der Waals surface area contributed by atoms with Crippen LogP contribution in [0.2, 0.25) is 0 Å². The van der Waals surface area contributed by atoms with Crippen LogP contribution in [-0.4, -0.2) is 58.1 Å². The lowest BCUT2D eigenvalue weighted by atomic mass is 10.0. The summed E-state index contributed by atoms with van der Waals surface area (Å²) in [7, 11) is 0. The zero-order valence-electron chi connectivity index (χ0n) is 27.7. The smallest absolute Gasteiger partial charge is 0.103 e. The van der Waals surface area contributed by atoms with Gasteiger partial charge in [-0.3, -0.25) is 0 Å². The number of ether oxygens (including phenoxy) is 1. The van der Waals surface area contributed by atoms with Crippen LogP contribution in [0.3, 0.4) is 0 Å². The van der Waals surface area contributed by atoms with Gasteiger partial charge in [0.15, 0.2) is 0 Å². The second-order valence-electron chi connectivity index (χ2n) is 12.8. The molecule has 4 atom stereocenters. The van der Waals surface area contributed by atoms with Crippen molar-refractivity contribution in [3.05, 3.63) is 0 Å². The maximum absolute atomic E-state index is 10.4. The Hall–Kier alpha value is -0.200. The van der Waals surface area contributed by atoms with Crippen molar-refractivity contribution in [2.45, 2.75) is 218 Å². The Balaban J connectivity index is 4.04. The third kappa shape index (κ3) is 27.1. The van der Waals surface area contributed by atoms with E-state index in [0.717, 1.165) is 25.7 Å². The number of unbranched alkanes of at least 4 members (excludes halogenated alkanes) is 24. The topological polar surface area (TPSA) is 90.2 Å². The fourth-order valence-electron chi connectivity index (χ4n) is 5.89. The molecule has 0 radical (unpaired) electrons. The van der Waals surface area contributed by atoms with Crippen molar-refractivity contribution in [2.24, 2.45) is 0 Å². The van der Waals surface area contributed by atoms with Crippen molar-refractivity contribution in [1.82, 2.24) is 0 Å². The minimum Gasteiger partial charge on any atom is -0.394 e. The molecule has 41 heavy (non-hydrogen) atoms. The minimum absolute atomic E-state index is 0.343. The van der Waals surface area contributed by atoms with E-state index in [0.29, 0.717) is 12.8 Å². The summed E-state index contributed by atoms with van der Waals surface area (Å²) in [6.45, 7) is 3.84. The van der Waals surface area contributed by atoms with E-state index in [2.05, 4.69) is 13.8 Å². The summed E-state index contributed by atoms with van der Waals surface area (Å²) in [5.41, 5.74) is 0. The van der Waals surface area contributed by atoms with Gasteiger partial charge in [-0.1, -0.05) is 181 Å². The summed E-state index contributed by atoms with van der Waals surface area (Å²) in [5.74, 6) is 0. The Morgan fingerprint density at radius 3 is 0.805 bits per heavy atom. The van der Waals surface area contributed by atoms with Gasteiger partial charge in [-0.2, -0.15) is 0 Å². The molecule has 0 aliphatic rings. The Bertz CT molecular complexity index is 447. The Labute approximate surface area is 256 Å². The molecule has 0 amide bonds. The molecule has 248 valence electrons. The van der Waals surface area contributed by atoms with Crippen molar-refractivity contribution >= 4 is 0 Å². The van der Waals surface area contributed by atoms with Gasteiger partial charge in [-0.05, 0) is 12.8 Å². The first-order chi connectivity index (χ1) is 20.1. The van der Waals surface area contributed by atoms with Crippen molar-refractivity contribution in [3.8, 4) is 0 Å². The first kappa shape index (κ1) is 40.8. The van der Waals surface area contributed by atoms with E-state index in [-0.39, 0.29) is 13.2 Å². The minimum atomic E-state index is -0.952. The van der Waals surface area contributed by atoms with Gasteiger partial charge in [0.1, 0.15) is 12.2 Å². The van der Waals surface area contributed by atoms with Gasteiger partial charge in [-0.25, -0.2) is 0 Å². The standard InChI is InChI=1S/C36H74O5/c1-3-5-7-9-11-13-15-17-19-21-23-25-27-29-35(33(39)31-37)41-36(34(40)32-38)30-28-26-24-22-20-18-16-14-12-10-8-6-4-2/h33-40H,3-32H2,1-2H3. The van der Waals surface area contributed by atoms with Crippen LogP contribution in [0.15, 0.2) is 0 Å². The fourth-order valence-corrected chi connectivity index (χ4v) is 5.89. The summed E-state index contributed by atoms with van der Waals surface area (Å²) in [6, 6.07) is 0. The van der Waals surface area contributed by atoms with Crippen molar-refractivity contribution in [1.29, 1.82) is 0 Å². The number of hydrogen-bond donors (Lipinski definition) is 4. The van der Waals surface area contributed by atoms with Crippen molar-refractivity contribution < 1.29 is 25.2 Å². The van der Waals surface area contributed by atoms with Gasteiger partial charge in [0, 0.05) is 0 Å². The summed E-state index contributed by atoms with van der Waals surface area (Å²) in [6.07, 6.45) is 31.9. The van der Waals surface area contributed by atoms with Gasteiger partial charge in [-0.15, -0.1) is 0 Å². The highest BCUT2D eigenvalue weighted by molar-refractivity contribution is 4.76. The quantitative estimate of drug-likeness (QED) is 0.0564. The SMILES string of the molecule is CCCCCCCCCCCCCCCC(OC(CCCCCCCCCCCCCCC)C(O)CO)C(O)CO. The van der Waals surface area contributed by atoms with Gasteiger partial charge >= 0.3 is 0 Å². The molecule has 0 spiro atoms. The third-order valence-electron chi connectivity index (χ3n) is 8.77. The monoisotopic (exact) mass is 587 g/mol. The molecule has 0 bridgehead atoms. The molecule has 5 nitrogen and oxygen atoms in total. The van der Waals surface area contributed by atoms with Crippen LogP contribution in [0.1, 0.15) is 194 Å². The van der Waals surface area contributed by atoms with E-state index in [9.17, 15) is 20.4 Å². The van der Waals surface area contributed by atoms with E-state index in [1.165, 1.54) is 141 Å². The molecule has 0 fully saturated rings. The van der Waals surface area contributed by atoms with E-state index in [1.54, 1.807) is 0 Å². The summed E-state index contributed by atoms with van der Waals surface area (Å²) in [4.78, 5) is 0. The highest BCUT2D eigenvalue weighted by Crippen LogP contribution is 2.21. The number of aliphatic hydroxyl groups excluding tert-OH is 4. The zero-order chi connectivity index (χ0) is 30.2. The number of aliphatic hydroxyl groups is 4. The average molecular weight is 587 g/mol. The molecule has 0 rings (SSSR count). The Morgan fingerprint density at radius 2 is 0.585 bits per heavy atom. The molecule has 0 aliphatic heterocycles. The van der Waals surface area contributed by atoms with Gasteiger partial charge in [0.25, 0.3) is 0 Å². The summed E-state index contributed by atoms with van der Waals surface area (Å²) >= 11 is 0. The molecular weight excluding hydrogens is 512 g/mol. The lowest BCUT2D eigenvalue weighted by Gasteiger charge is -2.30. The van der Waals surface area contributed by atoms with Crippen LogP contribution in [0, 0.1) is 0 Å². The maximum Gasteiger partial charge on any atom is 0.103 e. The molecule has 0 aromatic rings. The molecule has 0 aliphatic carbocycles. The van der Waals surface area contributed by atoms with Crippen molar-refractivity contribution in [3.63, 3.8) is 0 Å². The number of hydrogen-bond acceptors (Lipinski definition) is 5. The highest BCUT2D eigenvalue weighted by atomic mass is 16.5. The molecule has 0 saturated carbocycles. The second kappa shape index (κ2) is 32.7. The lowest BCUT2D eigenvalue weighted by Crippen LogP contribution is -2.41. The molecule has 0 aromatic carbocycles. The van der Waals surface area contributed by atoms with Gasteiger partial charge in [0.05, 0.1) is 25.4 Å². The van der Waals surface area contributed by atoms with Crippen LogP contribution < -0.4 is 0 Å². The first-order valence-corrected chi connectivity index (χ1v) is 18.3. The van der Waals surface area contributed by atoms with E-state index in [1.807, 2.05) is 0 Å². The van der Waals surface area contributed by atoms with Crippen LogP contribution in [0.4, 0.5) is 0 Å². The molecular formula is C36H74O5. The lowest BCUT2D eigenvalue weighted by molar-refractivity contribution is -0.137.